The van der Waals surface area contributed by atoms with Gasteiger partial charge in [0.25, 0.3) is 0 Å². The van der Waals surface area contributed by atoms with Gasteiger partial charge in [-0.05, 0) is 17.7 Å². The minimum Gasteiger partial charge on any atom is -0.468 e. The average Bonchev–Trinajstić information content (AvgIpc) is 2.96. The number of aliphatic imine (C=N–C) groups is 1. The number of rotatable bonds is 9. The molecule has 0 radical (unpaired) electrons. The van der Waals surface area contributed by atoms with Gasteiger partial charge in [0.1, 0.15) is 0 Å². The van der Waals surface area contributed by atoms with Crippen LogP contribution >= 0.6 is 0 Å². The fraction of sp³-hybridized carbons (Fsp3) is 0.241. The van der Waals surface area contributed by atoms with Crippen molar-refractivity contribution in [2.24, 2.45) is 10.9 Å². The van der Waals surface area contributed by atoms with E-state index in [-0.39, 0.29) is 5.56 Å². The summed E-state index contributed by atoms with van der Waals surface area (Å²) in [6.07, 6.45) is -4.63. The highest BCUT2D eigenvalue weighted by Crippen LogP contribution is 2.36. The van der Waals surface area contributed by atoms with Crippen LogP contribution < -0.4 is 0 Å². The molecule has 0 aliphatic heterocycles. The number of hydrogen-bond donors (Lipinski definition) is 0. The number of carbonyl (C=O) groups is 3. The van der Waals surface area contributed by atoms with Crippen LogP contribution in [-0.4, -0.2) is 51.0 Å². The molecule has 0 N–H and O–H groups in total. The normalized spacial score (nSPS) is 12.7. The highest BCUT2D eigenvalue weighted by molar-refractivity contribution is 6.13. The molecule has 7 nitrogen and oxygen atoms in total. The molecule has 3 rings (SSSR count). The molecule has 0 saturated carbocycles. The van der Waals surface area contributed by atoms with Crippen molar-refractivity contribution in [2.75, 3.05) is 21.3 Å². The van der Waals surface area contributed by atoms with Crippen LogP contribution in [0.4, 0.5) is 13.2 Å². The van der Waals surface area contributed by atoms with E-state index >= 15 is 0 Å². The van der Waals surface area contributed by atoms with Gasteiger partial charge in [0, 0.05) is 17.0 Å². The lowest BCUT2D eigenvalue weighted by Crippen LogP contribution is -2.41. The average molecular weight is 542 g/mol. The smallest absolute Gasteiger partial charge is 0.416 e. The number of alkyl halides is 3. The third kappa shape index (κ3) is 6.90. The summed E-state index contributed by atoms with van der Waals surface area (Å²) in [5.74, 6) is -6.24. The number of benzene rings is 3. The van der Waals surface area contributed by atoms with Gasteiger partial charge in [0.2, 0.25) is 0 Å². The lowest BCUT2D eigenvalue weighted by atomic mass is 9.79. The first-order chi connectivity index (χ1) is 18.6. The Hall–Kier alpha value is -4.47. The predicted molar refractivity (Wildman–Crippen MR) is 136 cm³/mol. The van der Waals surface area contributed by atoms with E-state index in [4.69, 9.17) is 19.2 Å². The Labute approximate surface area is 223 Å². The van der Waals surface area contributed by atoms with Gasteiger partial charge in [-0.15, -0.1) is 0 Å². The molecule has 39 heavy (non-hydrogen) atoms. The molecule has 0 fully saturated rings. The molecule has 204 valence electrons. The van der Waals surface area contributed by atoms with Crippen LogP contribution in [0.1, 0.15) is 28.2 Å². The monoisotopic (exact) mass is 541 g/mol. The van der Waals surface area contributed by atoms with E-state index in [1.807, 2.05) is 0 Å². The van der Waals surface area contributed by atoms with Crippen LogP contribution in [0.25, 0.3) is 0 Å². The van der Waals surface area contributed by atoms with Crippen LogP contribution in [0.15, 0.2) is 89.9 Å². The fourth-order valence-corrected chi connectivity index (χ4v) is 4.14. The van der Waals surface area contributed by atoms with Crippen molar-refractivity contribution in [3.05, 3.63) is 107 Å². The standard InChI is InChI=1S/C29H26F3NO6/c1-37-26(34)23(27(35)38-2)22(18-14-16-21(17-15-18)29(30,31)32)25(28(36)39-3)33-24(19-10-6-4-7-11-19)20-12-8-5-9-13-20/h4-17,22-23,25H,1-3H3/t22-,25-/m1/s1. The zero-order chi connectivity index (χ0) is 28.6. The van der Waals surface area contributed by atoms with Gasteiger partial charge < -0.3 is 14.2 Å². The van der Waals surface area contributed by atoms with E-state index in [0.717, 1.165) is 45.6 Å². The van der Waals surface area contributed by atoms with Crippen molar-refractivity contribution in [1.82, 2.24) is 0 Å². The van der Waals surface area contributed by atoms with Crippen molar-refractivity contribution in [2.45, 2.75) is 18.1 Å². The molecule has 0 unspecified atom stereocenters. The lowest BCUT2D eigenvalue weighted by Gasteiger charge is -2.28. The first kappa shape index (κ1) is 29.1. The van der Waals surface area contributed by atoms with Gasteiger partial charge in [0.05, 0.1) is 32.6 Å². The van der Waals surface area contributed by atoms with Crippen LogP contribution in [-0.2, 0) is 34.8 Å². The molecule has 2 atom stereocenters. The van der Waals surface area contributed by atoms with E-state index in [0.29, 0.717) is 16.8 Å². The molecule has 0 aliphatic carbocycles. The number of hydrogen-bond acceptors (Lipinski definition) is 7. The number of nitrogens with zero attached hydrogens (tertiary/aromatic N) is 1. The zero-order valence-electron chi connectivity index (χ0n) is 21.3. The summed E-state index contributed by atoms with van der Waals surface area (Å²) in [6, 6.07) is 19.9. The highest BCUT2D eigenvalue weighted by Gasteiger charge is 2.46. The minimum absolute atomic E-state index is 0.0448. The molecule has 0 aliphatic rings. The first-order valence-corrected chi connectivity index (χ1v) is 11.7. The molecule has 0 amide bonds. The van der Waals surface area contributed by atoms with Crippen LogP contribution in [0.5, 0.6) is 0 Å². The summed E-state index contributed by atoms with van der Waals surface area (Å²) in [7, 11) is 3.18. The van der Waals surface area contributed by atoms with Gasteiger partial charge in [-0.3, -0.25) is 14.6 Å². The Balaban J connectivity index is 2.33. The quantitative estimate of drug-likeness (QED) is 0.167. The molecule has 10 heteroatoms. The first-order valence-electron chi connectivity index (χ1n) is 11.7. The number of methoxy groups -OCH3 is 3. The number of ether oxygens (including phenoxy) is 3. The summed E-state index contributed by atoms with van der Waals surface area (Å²) in [5, 5.41) is 0. The van der Waals surface area contributed by atoms with Gasteiger partial charge >= 0.3 is 24.1 Å². The Kier molecular flexibility index (Phi) is 9.59. The van der Waals surface area contributed by atoms with E-state index < -0.39 is 47.5 Å². The van der Waals surface area contributed by atoms with Gasteiger partial charge in [-0.1, -0.05) is 72.8 Å². The van der Waals surface area contributed by atoms with E-state index in [2.05, 4.69) is 0 Å². The molecule has 3 aromatic rings. The third-order valence-electron chi connectivity index (χ3n) is 6.04. The van der Waals surface area contributed by atoms with E-state index in [9.17, 15) is 27.6 Å². The molecular weight excluding hydrogens is 515 g/mol. The van der Waals surface area contributed by atoms with Crippen molar-refractivity contribution >= 4 is 23.6 Å². The zero-order valence-corrected chi connectivity index (χ0v) is 21.3. The fourth-order valence-electron chi connectivity index (χ4n) is 4.14. The second-order valence-corrected chi connectivity index (χ2v) is 8.35. The molecule has 0 spiro atoms. The highest BCUT2D eigenvalue weighted by atomic mass is 19.4. The van der Waals surface area contributed by atoms with Crippen LogP contribution in [0.3, 0.4) is 0 Å². The Morgan fingerprint density at radius 1 is 0.667 bits per heavy atom. The lowest BCUT2D eigenvalue weighted by molar-refractivity contribution is -0.161. The third-order valence-corrected chi connectivity index (χ3v) is 6.04. The maximum atomic E-state index is 13.3. The Morgan fingerprint density at radius 2 is 1.10 bits per heavy atom. The number of halogens is 3. The molecule has 0 saturated heterocycles. The van der Waals surface area contributed by atoms with Gasteiger partial charge in [0.15, 0.2) is 12.0 Å². The Morgan fingerprint density at radius 3 is 1.49 bits per heavy atom. The number of esters is 3. The summed E-state index contributed by atoms with van der Waals surface area (Å²) >= 11 is 0. The molecule has 0 aromatic heterocycles. The molecule has 0 heterocycles. The van der Waals surface area contributed by atoms with E-state index in [1.165, 1.54) is 0 Å². The summed E-state index contributed by atoms with van der Waals surface area (Å²) in [6.45, 7) is 0. The number of carbonyl (C=O) groups excluding carboxylic acids is 3. The maximum Gasteiger partial charge on any atom is 0.416 e. The second-order valence-electron chi connectivity index (χ2n) is 8.35. The van der Waals surface area contributed by atoms with Crippen LogP contribution in [0.2, 0.25) is 0 Å². The minimum atomic E-state index is -4.63. The van der Waals surface area contributed by atoms with Gasteiger partial charge in [-0.25, -0.2) is 4.79 Å². The van der Waals surface area contributed by atoms with Gasteiger partial charge in [-0.2, -0.15) is 13.2 Å². The van der Waals surface area contributed by atoms with Crippen molar-refractivity contribution < 1.29 is 41.8 Å². The van der Waals surface area contributed by atoms with Crippen molar-refractivity contribution in [1.29, 1.82) is 0 Å². The summed E-state index contributed by atoms with van der Waals surface area (Å²) in [5.41, 5.74) is 0.637. The molecule has 3 aromatic carbocycles. The molecule has 0 bridgehead atoms. The molecular formula is C29H26F3NO6. The van der Waals surface area contributed by atoms with Crippen LogP contribution in [0, 0.1) is 5.92 Å². The van der Waals surface area contributed by atoms with Crippen molar-refractivity contribution in [3.8, 4) is 0 Å². The summed E-state index contributed by atoms with van der Waals surface area (Å²) < 4.78 is 54.5. The maximum absolute atomic E-state index is 13.3. The predicted octanol–water partition coefficient (Wildman–Crippen LogP) is 4.83. The summed E-state index contributed by atoms with van der Waals surface area (Å²) in [4.78, 5) is 43.7. The van der Waals surface area contributed by atoms with E-state index in [1.54, 1.807) is 60.7 Å². The topological polar surface area (TPSA) is 91.3 Å². The Bertz CT molecular complexity index is 1250. The second kappa shape index (κ2) is 12.9. The SMILES string of the molecule is COC(=O)C(C(=O)OC)[C@@H](c1ccc(C(F)(F)F)cc1)[C@@H](N=C(c1ccccc1)c1ccccc1)C(=O)OC. The van der Waals surface area contributed by atoms with Crippen molar-refractivity contribution in [3.63, 3.8) is 0 Å². The largest absolute Gasteiger partial charge is 0.468 e.